The Labute approximate surface area is 114 Å². The number of nitrogens with two attached hydrogens (primary N) is 1. The number of carbonyl (C=O) groups excluding carboxylic acids is 1. The zero-order valence-electron chi connectivity index (χ0n) is 11.5. The van der Waals surface area contributed by atoms with Crippen molar-refractivity contribution in [2.45, 2.75) is 13.3 Å². The summed E-state index contributed by atoms with van der Waals surface area (Å²) in [6.07, 6.45) is 0.715. The first-order valence-corrected chi connectivity index (χ1v) is 6.83. The van der Waals surface area contributed by atoms with Crippen LogP contribution in [0.5, 0.6) is 0 Å². The van der Waals surface area contributed by atoms with E-state index in [1.807, 2.05) is 4.90 Å². The number of morpholine rings is 1. The van der Waals surface area contributed by atoms with E-state index >= 15 is 0 Å². The van der Waals surface area contributed by atoms with Gasteiger partial charge >= 0.3 is 0 Å². The van der Waals surface area contributed by atoms with Gasteiger partial charge in [-0.25, -0.2) is 0 Å². The van der Waals surface area contributed by atoms with Crippen LogP contribution in [0, 0.1) is 12.8 Å². The number of carbonyl (C=O) groups is 1. The number of benzene rings is 1. The average molecular weight is 262 g/mol. The van der Waals surface area contributed by atoms with Gasteiger partial charge in [-0.15, -0.1) is 0 Å². The molecule has 2 rings (SSSR count). The van der Waals surface area contributed by atoms with Crippen molar-refractivity contribution in [2.75, 3.05) is 32.8 Å². The van der Waals surface area contributed by atoms with Gasteiger partial charge in [0.25, 0.3) is 0 Å². The summed E-state index contributed by atoms with van der Waals surface area (Å²) in [4.78, 5) is 14.3. The molecule has 0 saturated carbocycles. The van der Waals surface area contributed by atoms with Crippen LogP contribution in [0.1, 0.15) is 11.1 Å². The van der Waals surface area contributed by atoms with Gasteiger partial charge in [-0.1, -0.05) is 29.8 Å². The standard InChI is InChI=1S/C15H22N2O2/c1-12-2-4-13(5-3-12)10-14(11-16)15(18)17-6-8-19-9-7-17/h2-5,14H,6-11,16H2,1H3. The molecule has 0 aromatic heterocycles. The van der Waals surface area contributed by atoms with Crippen molar-refractivity contribution >= 4 is 5.91 Å². The minimum atomic E-state index is -0.124. The zero-order valence-corrected chi connectivity index (χ0v) is 11.5. The van der Waals surface area contributed by atoms with E-state index in [4.69, 9.17) is 10.5 Å². The summed E-state index contributed by atoms with van der Waals surface area (Å²) in [5.74, 6) is 0.0344. The highest BCUT2D eigenvalue weighted by Crippen LogP contribution is 2.13. The predicted octanol–water partition coefficient (Wildman–Crippen LogP) is 0.971. The molecule has 1 saturated heterocycles. The van der Waals surface area contributed by atoms with Gasteiger partial charge < -0.3 is 15.4 Å². The van der Waals surface area contributed by atoms with Gasteiger partial charge in [-0.3, -0.25) is 4.79 Å². The number of hydrogen-bond donors (Lipinski definition) is 1. The van der Waals surface area contributed by atoms with Crippen LogP contribution in [0.15, 0.2) is 24.3 Å². The molecule has 1 unspecified atom stereocenters. The maximum Gasteiger partial charge on any atom is 0.227 e. The van der Waals surface area contributed by atoms with Gasteiger partial charge in [0.2, 0.25) is 5.91 Å². The third kappa shape index (κ3) is 3.78. The fourth-order valence-corrected chi connectivity index (χ4v) is 2.32. The highest BCUT2D eigenvalue weighted by Gasteiger charge is 2.24. The van der Waals surface area contributed by atoms with Crippen LogP contribution in [0.3, 0.4) is 0 Å². The van der Waals surface area contributed by atoms with Gasteiger partial charge in [-0.2, -0.15) is 0 Å². The molecule has 1 atom stereocenters. The Balaban J connectivity index is 1.98. The lowest BCUT2D eigenvalue weighted by Gasteiger charge is -2.30. The third-order valence-corrected chi connectivity index (χ3v) is 3.56. The van der Waals surface area contributed by atoms with Crippen LogP contribution < -0.4 is 5.73 Å². The quantitative estimate of drug-likeness (QED) is 0.879. The van der Waals surface area contributed by atoms with E-state index in [0.717, 1.165) is 0 Å². The second-order valence-corrected chi connectivity index (χ2v) is 5.06. The largest absolute Gasteiger partial charge is 0.378 e. The monoisotopic (exact) mass is 262 g/mol. The van der Waals surface area contributed by atoms with E-state index in [-0.39, 0.29) is 11.8 Å². The molecule has 1 aromatic rings. The maximum absolute atomic E-state index is 12.4. The van der Waals surface area contributed by atoms with Gasteiger partial charge in [0.05, 0.1) is 19.1 Å². The van der Waals surface area contributed by atoms with Crippen LogP contribution >= 0.6 is 0 Å². The second-order valence-electron chi connectivity index (χ2n) is 5.06. The van der Waals surface area contributed by atoms with Crippen molar-refractivity contribution in [1.29, 1.82) is 0 Å². The van der Waals surface area contributed by atoms with Crippen molar-refractivity contribution < 1.29 is 9.53 Å². The van der Waals surface area contributed by atoms with Crippen LogP contribution in [0.25, 0.3) is 0 Å². The van der Waals surface area contributed by atoms with E-state index < -0.39 is 0 Å². The molecule has 4 nitrogen and oxygen atoms in total. The first kappa shape index (κ1) is 14.0. The van der Waals surface area contributed by atoms with Crippen molar-refractivity contribution in [3.8, 4) is 0 Å². The fraction of sp³-hybridized carbons (Fsp3) is 0.533. The third-order valence-electron chi connectivity index (χ3n) is 3.56. The normalized spacial score (nSPS) is 17.3. The van der Waals surface area contributed by atoms with Gasteiger partial charge in [0.15, 0.2) is 0 Å². The number of hydrogen-bond acceptors (Lipinski definition) is 3. The van der Waals surface area contributed by atoms with E-state index in [1.54, 1.807) is 0 Å². The van der Waals surface area contributed by atoms with Crippen LogP contribution in [0.2, 0.25) is 0 Å². The molecular weight excluding hydrogens is 240 g/mol. The molecule has 104 valence electrons. The predicted molar refractivity (Wildman–Crippen MR) is 74.8 cm³/mol. The Bertz CT molecular complexity index is 411. The fourth-order valence-electron chi connectivity index (χ4n) is 2.32. The van der Waals surface area contributed by atoms with Crippen LogP contribution in [-0.4, -0.2) is 43.7 Å². The second kappa shape index (κ2) is 6.68. The highest BCUT2D eigenvalue weighted by molar-refractivity contribution is 5.79. The van der Waals surface area contributed by atoms with E-state index in [1.165, 1.54) is 11.1 Å². The number of amides is 1. The molecule has 1 amide bonds. The van der Waals surface area contributed by atoms with E-state index in [2.05, 4.69) is 31.2 Å². The van der Waals surface area contributed by atoms with Crippen molar-refractivity contribution in [1.82, 2.24) is 4.90 Å². The molecule has 0 bridgehead atoms. The molecular formula is C15H22N2O2. The first-order valence-electron chi connectivity index (χ1n) is 6.83. The molecule has 0 radical (unpaired) electrons. The lowest BCUT2D eigenvalue weighted by atomic mass is 9.97. The van der Waals surface area contributed by atoms with Gasteiger partial charge in [-0.05, 0) is 18.9 Å². The number of rotatable bonds is 4. The Morgan fingerprint density at radius 3 is 2.53 bits per heavy atom. The highest BCUT2D eigenvalue weighted by atomic mass is 16.5. The van der Waals surface area contributed by atoms with E-state index in [0.29, 0.717) is 39.3 Å². The minimum absolute atomic E-state index is 0.124. The maximum atomic E-state index is 12.4. The minimum Gasteiger partial charge on any atom is -0.378 e. The number of aryl methyl sites for hydroxylation is 1. The summed E-state index contributed by atoms with van der Waals surface area (Å²) in [7, 11) is 0. The lowest BCUT2D eigenvalue weighted by Crippen LogP contribution is -2.45. The number of nitrogens with zero attached hydrogens (tertiary/aromatic N) is 1. The summed E-state index contributed by atoms with van der Waals surface area (Å²) in [6.45, 7) is 5.08. The lowest BCUT2D eigenvalue weighted by molar-refractivity contribution is -0.139. The smallest absolute Gasteiger partial charge is 0.227 e. The Kier molecular flexibility index (Phi) is 4.93. The molecule has 0 spiro atoms. The Morgan fingerprint density at radius 2 is 1.95 bits per heavy atom. The summed E-state index contributed by atoms with van der Waals surface area (Å²) in [5.41, 5.74) is 8.18. The summed E-state index contributed by atoms with van der Waals surface area (Å²) < 4.78 is 5.27. The van der Waals surface area contributed by atoms with Crippen LogP contribution in [0.4, 0.5) is 0 Å². The van der Waals surface area contributed by atoms with Crippen LogP contribution in [-0.2, 0) is 16.0 Å². The van der Waals surface area contributed by atoms with E-state index in [9.17, 15) is 4.79 Å². The molecule has 1 aromatic carbocycles. The summed E-state index contributed by atoms with van der Waals surface area (Å²) in [6, 6.07) is 8.29. The molecule has 4 heteroatoms. The van der Waals surface area contributed by atoms with Gasteiger partial charge in [0.1, 0.15) is 0 Å². The summed E-state index contributed by atoms with van der Waals surface area (Å²) >= 11 is 0. The number of ether oxygens (including phenoxy) is 1. The van der Waals surface area contributed by atoms with Gasteiger partial charge in [0, 0.05) is 19.6 Å². The Hall–Kier alpha value is -1.39. The van der Waals surface area contributed by atoms with Crippen molar-refractivity contribution in [3.05, 3.63) is 35.4 Å². The summed E-state index contributed by atoms with van der Waals surface area (Å²) in [5, 5.41) is 0. The molecule has 19 heavy (non-hydrogen) atoms. The molecule has 1 heterocycles. The average Bonchev–Trinajstić information content (AvgIpc) is 2.47. The SMILES string of the molecule is Cc1ccc(CC(CN)C(=O)N2CCOCC2)cc1. The van der Waals surface area contributed by atoms with Crippen molar-refractivity contribution in [2.24, 2.45) is 11.7 Å². The molecule has 2 N–H and O–H groups in total. The van der Waals surface area contributed by atoms with Crippen molar-refractivity contribution in [3.63, 3.8) is 0 Å². The molecule has 1 fully saturated rings. The Morgan fingerprint density at radius 1 is 1.32 bits per heavy atom. The topological polar surface area (TPSA) is 55.6 Å². The molecule has 0 aliphatic carbocycles. The molecule has 1 aliphatic rings. The first-order chi connectivity index (χ1) is 9.20. The molecule has 1 aliphatic heterocycles. The zero-order chi connectivity index (χ0) is 13.7.